The zero-order valence-electron chi connectivity index (χ0n) is 18.4. The molecule has 1 N–H and O–H groups in total. The van der Waals surface area contributed by atoms with Crippen molar-refractivity contribution in [2.45, 2.75) is 13.5 Å². The third-order valence-electron chi connectivity index (χ3n) is 4.81. The summed E-state index contributed by atoms with van der Waals surface area (Å²) in [5.41, 5.74) is 2.60. The number of imidazole rings is 1. The van der Waals surface area contributed by atoms with Crippen LogP contribution in [-0.4, -0.2) is 71.6 Å². The SMILES string of the molecule is CCn1c(-c2cccnc2)nc2cc(NC(=O)COC)cc(C(=O)N(C)CC(=O)OC)c21. The Morgan fingerprint density at radius 2 is 2.00 bits per heavy atom. The molecule has 0 aliphatic rings. The third-order valence-corrected chi connectivity index (χ3v) is 4.81. The lowest BCUT2D eigenvalue weighted by atomic mass is 10.1. The molecule has 1 aromatic carbocycles. The van der Waals surface area contributed by atoms with Crippen molar-refractivity contribution in [2.75, 3.05) is 39.7 Å². The van der Waals surface area contributed by atoms with E-state index in [-0.39, 0.29) is 19.1 Å². The summed E-state index contributed by atoms with van der Waals surface area (Å²) in [5.74, 6) is -0.673. The number of aryl methyl sites for hydroxylation is 1. The van der Waals surface area contributed by atoms with E-state index in [9.17, 15) is 14.4 Å². The molecule has 0 aliphatic carbocycles. The van der Waals surface area contributed by atoms with Crippen LogP contribution < -0.4 is 5.32 Å². The van der Waals surface area contributed by atoms with Gasteiger partial charge in [0.15, 0.2) is 0 Å². The highest BCUT2D eigenvalue weighted by atomic mass is 16.5. The zero-order valence-corrected chi connectivity index (χ0v) is 18.4. The van der Waals surface area contributed by atoms with Gasteiger partial charge in [-0.15, -0.1) is 0 Å². The van der Waals surface area contributed by atoms with Crippen molar-refractivity contribution in [2.24, 2.45) is 0 Å². The molecule has 168 valence electrons. The molecule has 2 heterocycles. The maximum Gasteiger partial charge on any atom is 0.325 e. The summed E-state index contributed by atoms with van der Waals surface area (Å²) in [6.07, 6.45) is 3.36. The van der Waals surface area contributed by atoms with E-state index in [0.717, 1.165) is 5.56 Å². The van der Waals surface area contributed by atoms with Crippen molar-refractivity contribution < 1.29 is 23.9 Å². The first kappa shape index (κ1) is 22.9. The number of likely N-dealkylation sites (N-methyl/N-ethyl adjacent to an activating group) is 1. The van der Waals surface area contributed by atoms with Crippen LogP contribution in [-0.2, 0) is 25.6 Å². The van der Waals surface area contributed by atoms with Gasteiger partial charge in [-0.05, 0) is 31.2 Å². The van der Waals surface area contributed by atoms with Crippen molar-refractivity contribution in [1.82, 2.24) is 19.4 Å². The number of ether oxygens (including phenoxy) is 2. The number of anilines is 1. The number of rotatable bonds is 8. The number of carbonyl (C=O) groups is 3. The van der Waals surface area contributed by atoms with E-state index in [0.29, 0.717) is 34.7 Å². The molecule has 0 saturated carbocycles. The van der Waals surface area contributed by atoms with Crippen LogP contribution in [0.1, 0.15) is 17.3 Å². The second-order valence-corrected chi connectivity index (χ2v) is 7.03. The lowest BCUT2D eigenvalue weighted by Gasteiger charge is -2.18. The molecule has 0 unspecified atom stereocenters. The molecular formula is C22H25N5O5. The number of benzene rings is 1. The summed E-state index contributed by atoms with van der Waals surface area (Å²) in [5, 5.41) is 2.72. The van der Waals surface area contributed by atoms with Gasteiger partial charge in [-0.25, -0.2) is 4.98 Å². The third kappa shape index (κ3) is 4.75. The van der Waals surface area contributed by atoms with Crippen LogP contribution in [0.15, 0.2) is 36.7 Å². The molecule has 0 fully saturated rings. The van der Waals surface area contributed by atoms with Crippen LogP contribution in [0, 0.1) is 0 Å². The minimum Gasteiger partial charge on any atom is -0.468 e. The Morgan fingerprint density at radius 3 is 2.62 bits per heavy atom. The Morgan fingerprint density at radius 1 is 1.22 bits per heavy atom. The normalized spacial score (nSPS) is 10.8. The molecule has 10 heteroatoms. The number of fused-ring (bicyclic) bond motifs is 1. The summed E-state index contributed by atoms with van der Waals surface area (Å²) in [6, 6.07) is 6.96. The molecule has 0 saturated heterocycles. The molecule has 2 aromatic heterocycles. The Balaban J connectivity index is 2.19. The van der Waals surface area contributed by atoms with E-state index in [1.807, 2.05) is 17.6 Å². The van der Waals surface area contributed by atoms with E-state index in [1.165, 1.54) is 26.2 Å². The second kappa shape index (κ2) is 10.0. The number of carbonyl (C=O) groups excluding carboxylic acids is 3. The number of aromatic nitrogens is 3. The Labute approximate surface area is 185 Å². The Bertz CT molecular complexity index is 1140. The van der Waals surface area contributed by atoms with Crippen LogP contribution in [0.3, 0.4) is 0 Å². The van der Waals surface area contributed by atoms with Gasteiger partial charge in [0.05, 0.1) is 23.7 Å². The van der Waals surface area contributed by atoms with Crippen molar-refractivity contribution in [3.8, 4) is 11.4 Å². The van der Waals surface area contributed by atoms with Crippen LogP contribution in [0.25, 0.3) is 22.4 Å². The summed E-state index contributed by atoms with van der Waals surface area (Å²) in [4.78, 5) is 47.2. The largest absolute Gasteiger partial charge is 0.468 e. The average molecular weight is 439 g/mol. The van der Waals surface area contributed by atoms with Crippen LogP contribution >= 0.6 is 0 Å². The lowest BCUT2D eigenvalue weighted by Crippen LogP contribution is -2.33. The minimum absolute atomic E-state index is 0.131. The second-order valence-electron chi connectivity index (χ2n) is 7.03. The number of hydrogen-bond acceptors (Lipinski definition) is 7. The van der Waals surface area contributed by atoms with E-state index < -0.39 is 11.9 Å². The summed E-state index contributed by atoms with van der Waals surface area (Å²) < 4.78 is 11.5. The number of esters is 1. The Kier molecular flexibility index (Phi) is 7.16. The molecule has 0 aliphatic heterocycles. The van der Waals surface area contributed by atoms with Gasteiger partial charge in [0.2, 0.25) is 5.91 Å². The number of nitrogens with one attached hydrogen (secondary N) is 1. The van der Waals surface area contributed by atoms with Crippen molar-refractivity contribution >= 4 is 34.5 Å². The first-order valence-electron chi connectivity index (χ1n) is 9.95. The molecule has 3 aromatic rings. The molecule has 10 nitrogen and oxygen atoms in total. The maximum absolute atomic E-state index is 13.3. The molecule has 0 spiro atoms. The molecule has 0 atom stereocenters. The van der Waals surface area contributed by atoms with Crippen LogP contribution in [0.5, 0.6) is 0 Å². The van der Waals surface area contributed by atoms with E-state index in [2.05, 4.69) is 15.0 Å². The van der Waals surface area contributed by atoms with Gasteiger partial charge in [-0.3, -0.25) is 19.4 Å². The van der Waals surface area contributed by atoms with Crippen LogP contribution in [0.2, 0.25) is 0 Å². The van der Waals surface area contributed by atoms with Crippen molar-refractivity contribution in [3.05, 3.63) is 42.2 Å². The molecule has 2 amide bonds. The molecule has 0 radical (unpaired) electrons. The lowest BCUT2D eigenvalue weighted by molar-refractivity contribution is -0.141. The fourth-order valence-corrected chi connectivity index (χ4v) is 3.39. The van der Waals surface area contributed by atoms with Gasteiger partial charge in [0.25, 0.3) is 5.91 Å². The van der Waals surface area contributed by atoms with Gasteiger partial charge in [-0.1, -0.05) is 0 Å². The van der Waals surface area contributed by atoms with E-state index in [1.54, 1.807) is 30.6 Å². The Hall–Kier alpha value is -3.79. The average Bonchev–Trinajstić information content (AvgIpc) is 3.17. The molecular weight excluding hydrogens is 414 g/mol. The predicted octanol–water partition coefficient (Wildman–Crippen LogP) is 1.95. The minimum atomic E-state index is -0.540. The number of methoxy groups -OCH3 is 2. The highest BCUT2D eigenvalue weighted by Crippen LogP contribution is 2.30. The smallest absolute Gasteiger partial charge is 0.325 e. The van der Waals surface area contributed by atoms with Gasteiger partial charge in [0, 0.05) is 44.3 Å². The fourth-order valence-electron chi connectivity index (χ4n) is 3.39. The number of hydrogen-bond donors (Lipinski definition) is 1. The first-order chi connectivity index (χ1) is 15.4. The predicted molar refractivity (Wildman–Crippen MR) is 118 cm³/mol. The molecule has 0 bridgehead atoms. The van der Waals surface area contributed by atoms with Crippen molar-refractivity contribution in [3.63, 3.8) is 0 Å². The fraction of sp³-hybridized carbons (Fsp3) is 0.318. The molecule has 32 heavy (non-hydrogen) atoms. The van der Waals surface area contributed by atoms with Crippen LogP contribution in [0.4, 0.5) is 5.69 Å². The highest BCUT2D eigenvalue weighted by molar-refractivity contribution is 6.08. The van der Waals surface area contributed by atoms with E-state index >= 15 is 0 Å². The number of nitrogens with zero attached hydrogens (tertiary/aromatic N) is 4. The summed E-state index contributed by atoms with van der Waals surface area (Å²) in [6.45, 7) is 2.14. The van der Waals surface area contributed by atoms with Gasteiger partial charge in [0.1, 0.15) is 19.0 Å². The van der Waals surface area contributed by atoms with Crippen molar-refractivity contribution in [1.29, 1.82) is 0 Å². The monoisotopic (exact) mass is 439 g/mol. The standard InChI is InChI=1S/C22H25N5O5/c1-5-27-20-16(22(30)26(2)12-19(29)32-4)9-15(24-18(28)13-31-3)10-17(20)25-21(27)14-7-6-8-23-11-14/h6-11H,5,12-13H2,1-4H3,(H,24,28). The quantitative estimate of drug-likeness (QED) is 0.533. The van der Waals surface area contributed by atoms with E-state index in [4.69, 9.17) is 9.72 Å². The molecule has 3 rings (SSSR count). The summed E-state index contributed by atoms with van der Waals surface area (Å²) >= 11 is 0. The van der Waals surface area contributed by atoms with Gasteiger partial charge in [-0.2, -0.15) is 0 Å². The maximum atomic E-state index is 13.3. The zero-order chi connectivity index (χ0) is 23.3. The first-order valence-corrected chi connectivity index (χ1v) is 9.95. The van der Waals surface area contributed by atoms with Gasteiger partial charge >= 0.3 is 5.97 Å². The topological polar surface area (TPSA) is 116 Å². The number of amides is 2. The highest BCUT2D eigenvalue weighted by Gasteiger charge is 2.24. The van der Waals surface area contributed by atoms with Gasteiger partial charge < -0.3 is 24.3 Å². The number of pyridine rings is 1. The summed E-state index contributed by atoms with van der Waals surface area (Å²) in [7, 11) is 4.19.